The molecular weight excluding hydrogens is 663 g/mol. The molecule has 0 aromatic carbocycles. The molecule has 0 saturated heterocycles. The van der Waals surface area contributed by atoms with E-state index in [0.29, 0.717) is 5.32 Å². The molecule has 0 radical (unpaired) electrons. The molecule has 0 saturated carbocycles. The van der Waals surface area contributed by atoms with Crippen molar-refractivity contribution in [2.24, 2.45) is 5.73 Å². The van der Waals surface area contributed by atoms with Crippen molar-refractivity contribution in [3.05, 3.63) is 16.0 Å². The highest BCUT2D eigenvalue weighted by molar-refractivity contribution is 7.18. The van der Waals surface area contributed by atoms with Gasteiger partial charge in [0.15, 0.2) is 0 Å². The van der Waals surface area contributed by atoms with E-state index in [4.69, 9.17) is 5.73 Å². The van der Waals surface area contributed by atoms with E-state index in [1.165, 1.54) is 0 Å². The van der Waals surface area contributed by atoms with Crippen molar-refractivity contribution >= 4 is 34.1 Å². The molecule has 0 atom stereocenters. The topological polar surface area (TPSA) is 98.5 Å². The summed E-state index contributed by atoms with van der Waals surface area (Å²) in [6.45, 7) is 1.39. The van der Waals surface area contributed by atoms with E-state index in [1.54, 1.807) is 0 Å². The number of amides is 2. The molecular formula is C18H11F17N2O4S. The van der Waals surface area contributed by atoms with E-state index in [0.717, 1.165) is 13.8 Å². The number of carbonyl (C=O) groups is 3. The molecule has 1 aromatic heterocycles. The summed E-state index contributed by atoms with van der Waals surface area (Å²) in [6.07, 6.45) is -7.91. The smallest absolute Gasteiger partial charge is 0.460 e. The van der Waals surface area contributed by atoms with E-state index < -0.39 is 93.0 Å². The van der Waals surface area contributed by atoms with Crippen LogP contribution in [0, 0.1) is 6.92 Å². The fraction of sp³-hybridized carbons (Fsp3) is 0.611. The van der Waals surface area contributed by atoms with Crippen molar-refractivity contribution < 1.29 is 93.8 Å². The summed E-state index contributed by atoms with van der Waals surface area (Å²) < 4.78 is 232. The van der Waals surface area contributed by atoms with Gasteiger partial charge in [0.25, 0.3) is 5.91 Å². The number of primary amides is 1. The van der Waals surface area contributed by atoms with E-state index in [1.807, 2.05) is 0 Å². The third kappa shape index (κ3) is 5.07. The average molecular weight is 674 g/mol. The highest BCUT2D eigenvalue weighted by Gasteiger charge is 2.95. The van der Waals surface area contributed by atoms with Crippen LogP contribution in [0.1, 0.15) is 32.5 Å². The zero-order valence-corrected chi connectivity index (χ0v) is 20.6. The molecule has 1 rings (SSSR count). The van der Waals surface area contributed by atoms with Crippen LogP contribution in [-0.4, -0.2) is 72.0 Å². The minimum atomic E-state index is -8.87. The molecule has 0 unspecified atom stereocenters. The second-order valence-electron chi connectivity index (χ2n) is 7.82. The van der Waals surface area contributed by atoms with Crippen LogP contribution in [0.15, 0.2) is 0 Å². The van der Waals surface area contributed by atoms with Crippen LogP contribution >= 0.6 is 11.3 Å². The lowest BCUT2D eigenvalue weighted by molar-refractivity contribution is -0.459. The number of halogens is 17. The molecule has 1 heterocycles. The number of anilines is 1. The lowest BCUT2D eigenvalue weighted by Gasteiger charge is -2.42. The Hall–Kier alpha value is -3.08. The van der Waals surface area contributed by atoms with Gasteiger partial charge in [0.05, 0.1) is 17.0 Å². The highest BCUT2D eigenvalue weighted by Crippen LogP contribution is 2.64. The minimum Gasteiger partial charge on any atom is -0.462 e. The third-order valence-electron chi connectivity index (χ3n) is 5.08. The first-order chi connectivity index (χ1) is 18.3. The standard InChI is InChI=1S/C18H11F17N2O4S/c1-3-41-9(39)5-4(2)6(7(36)38)42-8(5)37-10(40)11(19,20)12(21,22)13(23,24)14(25,26)15(27,28)16(29,30)17(31,32)18(33,34)35/h3H2,1-2H3,(H2,36,38)(H,37,40). The number of nitrogens with two attached hydrogens (primary N) is 1. The maximum Gasteiger partial charge on any atom is 0.460 e. The van der Waals surface area contributed by atoms with Gasteiger partial charge in [-0.1, -0.05) is 0 Å². The van der Waals surface area contributed by atoms with Gasteiger partial charge in [-0.3, -0.25) is 9.59 Å². The highest BCUT2D eigenvalue weighted by atomic mass is 32.1. The number of rotatable bonds is 11. The van der Waals surface area contributed by atoms with Gasteiger partial charge in [-0.15, -0.1) is 11.3 Å². The molecule has 0 aliphatic carbocycles. The van der Waals surface area contributed by atoms with Crippen LogP contribution in [0.2, 0.25) is 0 Å². The van der Waals surface area contributed by atoms with Gasteiger partial charge in [-0.25, -0.2) is 4.79 Å². The van der Waals surface area contributed by atoms with E-state index in [9.17, 15) is 89.0 Å². The summed E-state index contributed by atoms with van der Waals surface area (Å²) in [5, 5.41) is -0.840. The molecule has 42 heavy (non-hydrogen) atoms. The monoisotopic (exact) mass is 674 g/mol. The Labute approximate surface area is 223 Å². The molecule has 6 nitrogen and oxygen atoms in total. The summed E-state index contributed by atoms with van der Waals surface area (Å²) in [5.41, 5.74) is 3.13. The van der Waals surface area contributed by atoms with E-state index in [2.05, 4.69) is 4.74 Å². The lowest BCUT2D eigenvalue weighted by atomic mass is 9.89. The normalized spacial score (nSPS) is 14.5. The summed E-state index contributed by atoms with van der Waals surface area (Å²) in [5.74, 6) is -66.2. The summed E-state index contributed by atoms with van der Waals surface area (Å²) in [7, 11) is 0. The van der Waals surface area contributed by atoms with Crippen LogP contribution in [0.4, 0.5) is 79.6 Å². The zero-order chi connectivity index (χ0) is 33.9. The fourth-order valence-corrected chi connectivity index (χ4v) is 3.82. The molecule has 0 aliphatic heterocycles. The quantitative estimate of drug-likeness (QED) is 0.213. The van der Waals surface area contributed by atoms with Crippen molar-refractivity contribution in [1.82, 2.24) is 0 Å². The number of carbonyl (C=O) groups excluding carboxylic acids is 3. The Morgan fingerprint density at radius 1 is 0.714 bits per heavy atom. The predicted molar refractivity (Wildman–Crippen MR) is 103 cm³/mol. The van der Waals surface area contributed by atoms with Crippen LogP contribution < -0.4 is 11.1 Å². The van der Waals surface area contributed by atoms with Crippen molar-refractivity contribution in [2.75, 3.05) is 11.9 Å². The van der Waals surface area contributed by atoms with Crippen LogP contribution in [0.3, 0.4) is 0 Å². The van der Waals surface area contributed by atoms with Crippen LogP contribution in [0.25, 0.3) is 0 Å². The lowest BCUT2D eigenvalue weighted by Crippen LogP contribution is -2.75. The number of thiophene rings is 1. The number of alkyl halides is 17. The first-order valence-corrected chi connectivity index (χ1v) is 10.8. The largest absolute Gasteiger partial charge is 0.462 e. The second-order valence-corrected chi connectivity index (χ2v) is 8.84. The van der Waals surface area contributed by atoms with Crippen molar-refractivity contribution in [3.63, 3.8) is 0 Å². The SMILES string of the molecule is CCOC(=O)c1c(NC(=O)C(F)(F)C(F)(F)C(F)(F)C(F)(F)C(F)(F)C(F)(F)C(F)(F)C(F)(F)F)sc(C(N)=O)c1C. The molecule has 0 bridgehead atoms. The Morgan fingerprint density at radius 2 is 1.10 bits per heavy atom. The molecule has 24 heteroatoms. The zero-order valence-electron chi connectivity index (χ0n) is 19.8. The molecule has 2 amide bonds. The second kappa shape index (κ2) is 10.6. The fourth-order valence-electron chi connectivity index (χ4n) is 2.77. The Kier molecular flexibility index (Phi) is 9.30. The van der Waals surface area contributed by atoms with Gasteiger partial charge >= 0.3 is 59.5 Å². The van der Waals surface area contributed by atoms with Gasteiger partial charge in [0.2, 0.25) is 0 Å². The van der Waals surface area contributed by atoms with Gasteiger partial charge in [0, 0.05) is 0 Å². The predicted octanol–water partition coefficient (Wildman–Crippen LogP) is 6.28. The summed E-state index contributed by atoms with van der Waals surface area (Å²) in [4.78, 5) is 34.5. The maximum absolute atomic E-state index is 14.2. The van der Waals surface area contributed by atoms with Crippen molar-refractivity contribution in [3.8, 4) is 0 Å². The number of esters is 1. The molecule has 242 valence electrons. The van der Waals surface area contributed by atoms with E-state index >= 15 is 0 Å². The number of hydrogen-bond acceptors (Lipinski definition) is 5. The van der Waals surface area contributed by atoms with Gasteiger partial charge in [0.1, 0.15) is 5.00 Å². The van der Waals surface area contributed by atoms with Crippen molar-refractivity contribution in [2.45, 2.75) is 61.5 Å². The Morgan fingerprint density at radius 3 is 1.45 bits per heavy atom. The summed E-state index contributed by atoms with van der Waals surface area (Å²) >= 11 is -0.301. The van der Waals surface area contributed by atoms with Gasteiger partial charge in [-0.05, 0) is 19.4 Å². The average Bonchev–Trinajstić information content (AvgIpc) is 3.13. The Bertz CT molecular complexity index is 1240. The maximum atomic E-state index is 14.2. The summed E-state index contributed by atoms with van der Waals surface area (Å²) in [6, 6.07) is 0. The van der Waals surface area contributed by atoms with Crippen LogP contribution in [-0.2, 0) is 9.53 Å². The van der Waals surface area contributed by atoms with Gasteiger partial charge in [-0.2, -0.15) is 74.6 Å². The molecule has 0 fully saturated rings. The Balaban J connectivity index is 3.72. The number of hydrogen-bond donors (Lipinski definition) is 2. The first-order valence-electron chi connectivity index (χ1n) is 9.97. The first kappa shape index (κ1) is 36.9. The van der Waals surface area contributed by atoms with Crippen LogP contribution in [0.5, 0.6) is 0 Å². The molecule has 0 spiro atoms. The third-order valence-corrected chi connectivity index (χ3v) is 6.31. The minimum absolute atomic E-state index is 0.301. The van der Waals surface area contributed by atoms with Crippen molar-refractivity contribution in [1.29, 1.82) is 0 Å². The molecule has 0 aliphatic rings. The van der Waals surface area contributed by atoms with Gasteiger partial charge < -0.3 is 15.8 Å². The number of nitrogens with one attached hydrogen (secondary N) is 1. The molecule has 3 N–H and O–H groups in total. The number of ether oxygens (including phenoxy) is 1. The van der Waals surface area contributed by atoms with E-state index in [-0.39, 0.29) is 11.3 Å². The molecule has 1 aromatic rings.